The predicted octanol–water partition coefficient (Wildman–Crippen LogP) is 22.4. The van der Waals surface area contributed by atoms with Crippen molar-refractivity contribution in [2.24, 2.45) is 0 Å². The first-order chi connectivity index (χ1) is 38.7. The summed E-state index contributed by atoms with van der Waals surface area (Å²) < 4.78 is 10.00. The van der Waals surface area contributed by atoms with E-state index in [1.807, 2.05) is 11.3 Å². The quantitative estimate of drug-likeness (QED) is 0.165. The van der Waals surface area contributed by atoms with Gasteiger partial charge in [0.25, 0.3) is 0 Å². The fourth-order valence-corrected chi connectivity index (χ4v) is 14.7. The number of benzene rings is 10. The van der Waals surface area contributed by atoms with Crippen LogP contribution in [0.25, 0.3) is 64.4 Å². The van der Waals surface area contributed by atoms with E-state index >= 15 is 0 Å². The van der Waals surface area contributed by atoms with E-state index in [2.05, 4.69) is 299 Å². The van der Waals surface area contributed by atoms with Crippen LogP contribution in [0.2, 0.25) is 0 Å². The molecule has 0 saturated carbocycles. The van der Waals surface area contributed by atoms with E-state index in [1.54, 1.807) is 0 Å². The first-order valence-electron chi connectivity index (χ1n) is 28.9. The van der Waals surface area contributed by atoms with E-state index in [0.717, 1.165) is 56.1 Å². The van der Waals surface area contributed by atoms with Crippen molar-refractivity contribution in [3.63, 3.8) is 0 Å². The zero-order chi connectivity index (χ0) is 56.1. The SMILES string of the molecule is CC(C)(C)c1ccc(N(c2ccc(C(C)(C)C)cc2)c2cc3c(c4c2oc2ccccc24)-c2c(cc(N(c4ccc(C(C)(C)C)cc4)c4ccc(C(C)(C)C)cc4)c4c2sc2ccccc24)C32c3ccccc3-c3ccccc32)cc1. The minimum atomic E-state index is -0.742. The predicted molar refractivity (Wildman–Crippen MR) is 347 cm³/mol. The summed E-state index contributed by atoms with van der Waals surface area (Å²) >= 11 is 1.93. The fourth-order valence-electron chi connectivity index (χ4n) is 13.5. The zero-order valence-electron chi connectivity index (χ0n) is 48.8. The molecule has 0 bridgehead atoms. The maximum atomic E-state index is 7.46. The number of hydrogen-bond acceptors (Lipinski definition) is 4. The van der Waals surface area contributed by atoms with Gasteiger partial charge in [0.2, 0.25) is 0 Å². The van der Waals surface area contributed by atoms with Gasteiger partial charge in [-0.25, -0.2) is 0 Å². The van der Waals surface area contributed by atoms with Gasteiger partial charge in [0.1, 0.15) is 5.58 Å². The van der Waals surface area contributed by atoms with Gasteiger partial charge >= 0.3 is 0 Å². The Morgan fingerprint density at radius 3 is 1.21 bits per heavy atom. The molecule has 0 fully saturated rings. The molecule has 0 atom stereocenters. The number of hydrogen-bond donors (Lipinski definition) is 0. The van der Waals surface area contributed by atoms with E-state index in [4.69, 9.17) is 4.42 Å². The minimum absolute atomic E-state index is 0.00763. The van der Waals surface area contributed by atoms with Gasteiger partial charge in [-0.15, -0.1) is 11.3 Å². The van der Waals surface area contributed by atoms with Gasteiger partial charge < -0.3 is 14.2 Å². The first kappa shape index (κ1) is 51.0. The smallest absolute Gasteiger partial charge is 0.160 e. The molecule has 400 valence electrons. The van der Waals surface area contributed by atoms with E-state index < -0.39 is 5.41 Å². The Morgan fingerprint density at radius 2 is 0.741 bits per heavy atom. The molecule has 12 aromatic rings. The number of fused-ring (bicyclic) bond motifs is 18. The first-order valence-corrected chi connectivity index (χ1v) is 29.7. The van der Waals surface area contributed by atoms with Crippen LogP contribution < -0.4 is 9.80 Å². The third kappa shape index (κ3) is 7.80. The van der Waals surface area contributed by atoms with Gasteiger partial charge in [-0.2, -0.15) is 0 Å². The molecule has 10 aromatic carbocycles. The molecule has 81 heavy (non-hydrogen) atoms. The minimum Gasteiger partial charge on any atom is -0.454 e. The average molecular weight is 1070 g/mol. The Balaban J connectivity index is 1.16. The summed E-state index contributed by atoms with van der Waals surface area (Å²) in [7, 11) is 0. The molecule has 2 aliphatic rings. The molecule has 2 aromatic heterocycles. The van der Waals surface area contributed by atoms with Gasteiger partial charge in [0.05, 0.1) is 16.8 Å². The van der Waals surface area contributed by atoms with Gasteiger partial charge in [-0.1, -0.05) is 217 Å². The Labute approximate surface area is 482 Å². The number of rotatable bonds is 6. The zero-order valence-corrected chi connectivity index (χ0v) is 49.7. The average Bonchev–Trinajstić information content (AvgIpc) is 3.76. The summed E-state index contributed by atoms with van der Waals surface area (Å²) in [5, 5.41) is 4.75. The highest BCUT2D eigenvalue weighted by Gasteiger charge is 2.54. The van der Waals surface area contributed by atoms with Gasteiger partial charge in [-0.05, 0) is 150 Å². The van der Waals surface area contributed by atoms with Crippen molar-refractivity contribution in [3.8, 4) is 22.3 Å². The van der Waals surface area contributed by atoms with Crippen LogP contribution in [0.15, 0.2) is 211 Å². The number of furan rings is 1. The third-order valence-corrected chi connectivity index (χ3v) is 18.9. The standard InChI is InChI=1S/C77H70N2OS/c1-73(2,3)47-29-37-51(38-30-47)78(52-39-31-48(32-40-52)74(4,5)6)63-45-62-70(72-67(63)58-24-16-20-28-66(58)81-72)69-61(77(62)59-25-17-13-21-55(59)56-22-14-18-26-60(56)77)46-64(71-68(69)57-23-15-19-27-65(57)80-71)79(53-41-33-49(34-42-53)75(7,8)9)54-43-35-50(36-44-54)76(10,11)12/h13-46H,1-12H3. The van der Waals surface area contributed by atoms with E-state index in [9.17, 15) is 0 Å². The molecular formula is C77H70N2OS. The van der Waals surface area contributed by atoms with E-state index in [-0.39, 0.29) is 21.7 Å². The molecular weight excluding hydrogens is 1000 g/mol. The monoisotopic (exact) mass is 1070 g/mol. The van der Waals surface area contributed by atoms with Crippen LogP contribution in [0.3, 0.4) is 0 Å². The van der Waals surface area contributed by atoms with Crippen molar-refractivity contribution < 1.29 is 4.42 Å². The molecule has 1 spiro atoms. The second-order valence-electron chi connectivity index (χ2n) is 26.9. The lowest BCUT2D eigenvalue weighted by Crippen LogP contribution is -2.26. The van der Waals surface area contributed by atoms with Crippen LogP contribution in [0.1, 0.15) is 128 Å². The van der Waals surface area contributed by atoms with Crippen LogP contribution in [0.4, 0.5) is 34.1 Å². The summed E-state index contributed by atoms with van der Waals surface area (Å²) in [4.78, 5) is 5.03. The molecule has 0 aliphatic heterocycles. The normalized spacial score (nSPS) is 13.8. The summed E-state index contributed by atoms with van der Waals surface area (Å²) in [6.07, 6.45) is 0. The summed E-state index contributed by atoms with van der Waals surface area (Å²) in [6, 6.07) is 78.8. The maximum absolute atomic E-state index is 7.46. The van der Waals surface area contributed by atoms with Crippen LogP contribution in [0, 0.1) is 0 Å². The van der Waals surface area contributed by atoms with Gasteiger partial charge in [0.15, 0.2) is 5.58 Å². The summed E-state index contributed by atoms with van der Waals surface area (Å²) in [5.41, 5.74) is 22.9. The topological polar surface area (TPSA) is 19.6 Å². The van der Waals surface area contributed by atoms with E-state index in [0.29, 0.717) is 0 Å². The second-order valence-corrected chi connectivity index (χ2v) is 28.0. The lowest BCUT2D eigenvalue weighted by atomic mass is 9.70. The third-order valence-electron chi connectivity index (χ3n) is 17.7. The number of nitrogens with zero attached hydrogens (tertiary/aromatic N) is 2. The molecule has 4 heteroatoms. The van der Waals surface area contributed by atoms with Crippen molar-refractivity contribution in [2.75, 3.05) is 9.80 Å². The largest absolute Gasteiger partial charge is 0.454 e. The number of para-hydroxylation sites is 1. The Morgan fingerprint density at radius 1 is 0.358 bits per heavy atom. The molecule has 0 unspecified atom stereocenters. The lowest BCUT2D eigenvalue weighted by molar-refractivity contribution is 0.590. The number of thiophene rings is 1. The Bertz CT molecular complexity index is 4310. The van der Waals surface area contributed by atoms with Crippen molar-refractivity contribution >= 4 is 87.6 Å². The molecule has 0 amide bonds. The van der Waals surface area contributed by atoms with Crippen molar-refractivity contribution in [1.29, 1.82) is 0 Å². The van der Waals surface area contributed by atoms with Crippen LogP contribution >= 0.6 is 11.3 Å². The molecule has 2 heterocycles. The molecule has 14 rings (SSSR count). The Hall–Kier alpha value is -8.18. The fraction of sp³-hybridized carbons (Fsp3) is 0.221. The molecule has 0 N–H and O–H groups in total. The van der Waals surface area contributed by atoms with Crippen LogP contribution in [0.5, 0.6) is 0 Å². The van der Waals surface area contributed by atoms with Crippen molar-refractivity contribution in [3.05, 3.63) is 251 Å². The highest BCUT2D eigenvalue weighted by Crippen LogP contribution is 2.68. The van der Waals surface area contributed by atoms with Crippen LogP contribution in [-0.4, -0.2) is 0 Å². The lowest BCUT2D eigenvalue weighted by Gasteiger charge is -2.34. The summed E-state index contributed by atoms with van der Waals surface area (Å²) in [5.74, 6) is 0. The summed E-state index contributed by atoms with van der Waals surface area (Å²) in [6.45, 7) is 27.6. The second kappa shape index (κ2) is 17.9. The van der Waals surface area contributed by atoms with Gasteiger partial charge in [-0.3, -0.25) is 0 Å². The molecule has 0 saturated heterocycles. The van der Waals surface area contributed by atoms with Crippen molar-refractivity contribution in [2.45, 2.75) is 110 Å². The molecule has 3 nitrogen and oxygen atoms in total. The van der Waals surface area contributed by atoms with Crippen LogP contribution in [-0.2, 0) is 27.1 Å². The highest BCUT2D eigenvalue weighted by molar-refractivity contribution is 7.26. The molecule has 0 radical (unpaired) electrons. The maximum Gasteiger partial charge on any atom is 0.160 e. The highest BCUT2D eigenvalue weighted by atomic mass is 32.1. The van der Waals surface area contributed by atoms with E-state index in [1.165, 1.54) is 86.9 Å². The van der Waals surface area contributed by atoms with Crippen molar-refractivity contribution in [1.82, 2.24) is 0 Å². The Kier molecular flexibility index (Phi) is 11.3. The molecule has 2 aliphatic carbocycles. The number of anilines is 6. The van der Waals surface area contributed by atoms with Gasteiger partial charge in [0, 0.05) is 64.8 Å².